The molecule has 0 radical (unpaired) electrons. The summed E-state index contributed by atoms with van der Waals surface area (Å²) in [6, 6.07) is 14.2. The molecule has 3 aliphatic rings. The number of esters is 8. The van der Waals surface area contributed by atoms with Crippen LogP contribution < -0.4 is 5.32 Å². The van der Waals surface area contributed by atoms with Crippen molar-refractivity contribution in [3.8, 4) is 11.1 Å². The molecule has 1 aliphatic carbocycles. The van der Waals surface area contributed by atoms with Crippen molar-refractivity contribution in [3.05, 3.63) is 71.8 Å². The predicted molar refractivity (Wildman–Crippen MR) is 231 cm³/mol. The molecule has 2 saturated heterocycles. The van der Waals surface area contributed by atoms with Crippen LogP contribution in [0.4, 0.5) is 4.79 Å². The molecule has 22 heteroatoms. The summed E-state index contributed by atoms with van der Waals surface area (Å²) in [7, 11) is 1.12. The van der Waals surface area contributed by atoms with Crippen LogP contribution in [0.3, 0.4) is 0 Å². The molecule has 0 saturated carbocycles. The average Bonchev–Trinajstić information content (AvgIpc) is 3.59. The van der Waals surface area contributed by atoms with Gasteiger partial charge in [0.05, 0.1) is 7.11 Å². The highest BCUT2D eigenvalue weighted by molar-refractivity contribution is 5.82. The Kier molecular flexibility index (Phi) is 18.8. The number of hydrogen-bond donors (Lipinski definition) is 1. The summed E-state index contributed by atoms with van der Waals surface area (Å²) in [6.45, 7) is 6.05. The molecule has 69 heavy (non-hydrogen) atoms. The number of benzene rings is 2. The second kappa shape index (κ2) is 24.4. The van der Waals surface area contributed by atoms with Crippen LogP contribution in [0.25, 0.3) is 11.1 Å². The van der Waals surface area contributed by atoms with Crippen molar-refractivity contribution in [3.63, 3.8) is 0 Å². The second-order valence-corrected chi connectivity index (χ2v) is 16.0. The van der Waals surface area contributed by atoms with Crippen LogP contribution in [-0.4, -0.2) is 148 Å². The fourth-order valence-corrected chi connectivity index (χ4v) is 8.19. The summed E-state index contributed by atoms with van der Waals surface area (Å²) in [6.07, 6.45) is -14.5. The monoisotopic (exact) mass is 969 g/mol. The molecular formula is C47H55NO21. The van der Waals surface area contributed by atoms with E-state index >= 15 is 0 Å². The number of ether oxygens (including phenoxy) is 12. The van der Waals surface area contributed by atoms with E-state index in [2.05, 4.69) is 5.32 Å². The van der Waals surface area contributed by atoms with E-state index in [0.29, 0.717) is 0 Å². The third-order valence-electron chi connectivity index (χ3n) is 10.8. The Morgan fingerprint density at radius 2 is 1.01 bits per heavy atom. The Balaban J connectivity index is 1.44. The van der Waals surface area contributed by atoms with Gasteiger partial charge >= 0.3 is 53.8 Å². The molecule has 5 rings (SSSR count). The van der Waals surface area contributed by atoms with Crippen molar-refractivity contribution in [2.24, 2.45) is 0 Å². The van der Waals surface area contributed by atoms with E-state index in [1.54, 1.807) is 0 Å². The lowest BCUT2D eigenvalue weighted by Crippen LogP contribution is -2.67. The number of fused-ring (bicyclic) bond motifs is 3. The van der Waals surface area contributed by atoms with E-state index in [1.807, 2.05) is 48.5 Å². The molecule has 1 amide bonds. The summed E-state index contributed by atoms with van der Waals surface area (Å²) in [4.78, 5) is 113. The van der Waals surface area contributed by atoms with Gasteiger partial charge in [0, 0.05) is 54.4 Å². The third-order valence-corrected chi connectivity index (χ3v) is 10.8. The summed E-state index contributed by atoms with van der Waals surface area (Å²) in [5.41, 5.74) is 3.97. The minimum atomic E-state index is -1.87. The van der Waals surface area contributed by atoms with E-state index in [0.717, 1.165) is 77.8 Å². The first-order valence-electron chi connectivity index (χ1n) is 21.7. The summed E-state index contributed by atoms with van der Waals surface area (Å²) < 4.78 is 67.8. The number of alkyl carbamates (subject to hydrolysis) is 1. The Morgan fingerprint density at radius 3 is 1.52 bits per heavy atom. The first-order chi connectivity index (χ1) is 32.8. The Bertz CT molecular complexity index is 2210. The van der Waals surface area contributed by atoms with E-state index in [9.17, 15) is 43.2 Å². The SMILES string of the molecule is COC(=O)[C@H](C/C=C/[C@H]1O[C@H](COC(C)=O)[C@@H](O[C@@H]2O[C@H](COC(C)=O)[C@H](OC(C)=O)[C@H](OC(C)=O)[C@H]2OC(C)=O)[C@H](OC(C)=O)[C@H]1OC(C)=O)NC(=O)OCC1c2ccccc2-c2ccccc21. The first kappa shape index (κ1) is 53.1. The average molecular weight is 970 g/mol. The van der Waals surface area contributed by atoms with Crippen LogP contribution in [0, 0.1) is 0 Å². The molecule has 374 valence electrons. The van der Waals surface area contributed by atoms with Crippen LogP contribution in [0.1, 0.15) is 71.9 Å². The molecule has 2 aliphatic heterocycles. The lowest BCUT2D eigenvalue weighted by Gasteiger charge is -2.48. The highest BCUT2D eigenvalue weighted by atomic mass is 16.8. The topological polar surface area (TPSA) is 276 Å². The molecule has 0 bridgehead atoms. The highest BCUT2D eigenvalue weighted by Crippen LogP contribution is 2.44. The fourth-order valence-electron chi connectivity index (χ4n) is 8.19. The summed E-state index contributed by atoms with van der Waals surface area (Å²) >= 11 is 0. The zero-order valence-electron chi connectivity index (χ0n) is 39.1. The maximum Gasteiger partial charge on any atom is 0.407 e. The standard InChI is InChI=1S/C47H55NO21/c1-23(49)59-21-37-41(69-46-44(66-29(7)55)43(65-28(6)54)40(63-26(4)52)38(68-46)22-60-24(2)50)42(64-27(5)53)39(62-25(3)51)36(67-37)19-13-18-35(45(56)58-8)48-47(57)61-20-34-32-16-11-9-14-30(32)31-15-10-12-17-33(31)34/h9-17,19,34-44,46H,18,20-22H2,1-8H3,(H,48,57)/b19-13+/t35-,36+,37+,38+,39-,40-,41+,42+,43-,44+,46-/m0/s1. The first-order valence-corrected chi connectivity index (χ1v) is 21.7. The summed E-state index contributed by atoms with van der Waals surface area (Å²) in [5, 5.41) is 2.52. The number of hydrogen-bond acceptors (Lipinski definition) is 21. The van der Waals surface area contributed by atoms with Gasteiger partial charge in [-0.3, -0.25) is 33.6 Å². The largest absolute Gasteiger partial charge is 0.467 e. The van der Waals surface area contributed by atoms with Crippen molar-refractivity contribution in [1.82, 2.24) is 5.32 Å². The van der Waals surface area contributed by atoms with Crippen LogP contribution in [0.15, 0.2) is 60.7 Å². The number of nitrogens with one attached hydrogen (secondary N) is 1. The van der Waals surface area contributed by atoms with Gasteiger partial charge in [0.2, 0.25) is 0 Å². The van der Waals surface area contributed by atoms with Gasteiger partial charge in [-0.1, -0.05) is 60.7 Å². The van der Waals surface area contributed by atoms with Gasteiger partial charge in [-0.05, 0) is 28.7 Å². The van der Waals surface area contributed by atoms with Crippen molar-refractivity contribution in [1.29, 1.82) is 0 Å². The number of rotatable bonds is 18. The second-order valence-electron chi connectivity index (χ2n) is 16.0. The van der Waals surface area contributed by atoms with E-state index in [4.69, 9.17) is 56.8 Å². The van der Waals surface area contributed by atoms with Gasteiger partial charge in [0.25, 0.3) is 0 Å². The predicted octanol–water partition coefficient (Wildman–Crippen LogP) is 2.68. The molecule has 2 aromatic rings. The van der Waals surface area contributed by atoms with Crippen molar-refractivity contribution < 1.29 is 100.0 Å². The Hall–Kier alpha value is -6.91. The van der Waals surface area contributed by atoms with Crippen LogP contribution in [-0.2, 0) is 95.2 Å². The molecule has 0 aromatic heterocycles. The smallest absolute Gasteiger partial charge is 0.407 e. The normalized spacial score (nSPS) is 25.3. The zero-order valence-corrected chi connectivity index (χ0v) is 39.1. The molecule has 0 spiro atoms. The van der Waals surface area contributed by atoms with Crippen molar-refractivity contribution in [2.45, 2.75) is 128 Å². The Labute approximate surface area is 396 Å². The van der Waals surface area contributed by atoms with Crippen molar-refractivity contribution >= 4 is 53.8 Å². The number of carbonyl (C=O) groups is 9. The van der Waals surface area contributed by atoms with E-state index in [-0.39, 0.29) is 18.9 Å². The van der Waals surface area contributed by atoms with Crippen LogP contribution in [0.2, 0.25) is 0 Å². The maximum absolute atomic E-state index is 13.3. The number of carbonyl (C=O) groups excluding carboxylic acids is 9. The molecule has 2 aromatic carbocycles. The maximum atomic E-state index is 13.3. The van der Waals surface area contributed by atoms with E-state index < -0.39 is 134 Å². The fraction of sp³-hybridized carbons (Fsp3) is 0.511. The molecule has 0 unspecified atom stereocenters. The quantitative estimate of drug-likeness (QED) is 0.128. The van der Waals surface area contributed by atoms with Crippen LogP contribution in [0.5, 0.6) is 0 Å². The number of amides is 1. The van der Waals surface area contributed by atoms with Gasteiger partial charge < -0.3 is 62.2 Å². The Morgan fingerprint density at radius 1 is 0.551 bits per heavy atom. The minimum Gasteiger partial charge on any atom is -0.467 e. The minimum absolute atomic E-state index is 0.0500. The van der Waals surface area contributed by atoms with E-state index in [1.165, 1.54) is 12.2 Å². The highest BCUT2D eigenvalue weighted by Gasteiger charge is 2.57. The summed E-state index contributed by atoms with van der Waals surface area (Å²) in [5.74, 6) is -7.29. The third kappa shape index (κ3) is 14.3. The molecule has 11 atom stereocenters. The van der Waals surface area contributed by atoms with Gasteiger partial charge in [-0.25, -0.2) is 9.59 Å². The van der Waals surface area contributed by atoms with Gasteiger partial charge in [-0.15, -0.1) is 0 Å². The van der Waals surface area contributed by atoms with Gasteiger partial charge in [-0.2, -0.15) is 0 Å². The lowest BCUT2D eigenvalue weighted by atomic mass is 9.93. The molecular weight excluding hydrogens is 915 g/mol. The molecule has 2 fully saturated rings. The number of methoxy groups -OCH3 is 1. The lowest BCUT2D eigenvalue weighted by molar-refractivity contribution is -0.343. The molecule has 2 heterocycles. The molecule has 22 nitrogen and oxygen atoms in total. The molecule has 1 N–H and O–H groups in total. The van der Waals surface area contributed by atoms with Gasteiger partial charge in [0.1, 0.15) is 50.3 Å². The van der Waals surface area contributed by atoms with Crippen molar-refractivity contribution in [2.75, 3.05) is 26.9 Å². The zero-order chi connectivity index (χ0) is 50.5. The van der Waals surface area contributed by atoms with Gasteiger partial charge in [0.15, 0.2) is 36.8 Å². The van der Waals surface area contributed by atoms with Crippen LogP contribution >= 0.6 is 0 Å².